The number of carbonyl (C=O) groups excluding carboxylic acids is 1. The molecule has 1 fully saturated rings. The van der Waals surface area contributed by atoms with Gasteiger partial charge in [0.15, 0.2) is 5.82 Å². The van der Waals surface area contributed by atoms with Gasteiger partial charge in [-0.2, -0.15) is 18.3 Å². The minimum absolute atomic E-state index is 0.205. The molecule has 3 heterocycles. The maximum Gasteiger partial charge on any atom is 0.433 e. The Morgan fingerprint density at radius 1 is 1.12 bits per heavy atom. The van der Waals surface area contributed by atoms with Gasteiger partial charge in [0, 0.05) is 32.2 Å². The number of nitrogens with one attached hydrogen (secondary N) is 2. The lowest BCUT2D eigenvalue weighted by Crippen LogP contribution is -2.50. The zero-order valence-corrected chi connectivity index (χ0v) is 13.5. The second-order valence-electron chi connectivity index (χ2n) is 5.59. The number of alkyl halides is 3. The Balaban J connectivity index is 1.59. The third-order valence-electron chi connectivity index (χ3n) is 3.83. The molecular formula is C15H15F3N6O2. The van der Waals surface area contributed by atoms with E-state index < -0.39 is 17.9 Å². The summed E-state index contributed by atoms with van der Waals surface area (Å²) in [5.41, 5.74) is -1.33. The fourth-order valence-corrected chi connectivity index (χ4v) is 2.50. The highest BCUT2D eigenvalue weighted by molar-refractivity contribution is 5.88. The zero-order valence-electron chi connectivity index (χ0n) is 13.5. The minimum Gasteiger partial charge on any atom is -0.353 e. The van der Waals surface area contributed by atoms with E-state index in [-0.39, 0.29) is 17.2 Å². The molecule has 1 aliphatic rings. The van der Waals surface area contributed by atoms with Crippen LogP contribution in [0.5, 0.6) is 0 Å². The predicted octanol–water partition coefficient (Wildman–Crippen LogP) is 1.54. The number of rotatable bonds is 2. The van der Waals surface area contributed by atoms with Crippen molar-refractivity contribution in [3.8, 4) is 0 Å². The fourth-order valence-electron chi connectivity index (χ4n) is 2.50. The first kappa shape index (κ1) is 17.7. The van der Waals surface area contributed by atoms with E-state index in [0.29, 0.717) is 26.2 Å². The summed E-state index contributed by atoms with van der Waals surface area (Å²) in [6.07, 6.45) is -4.50. The van der Waals surface area contributed by atoms with Gasteiger partial charge < -0.3 is 9.80 Å². The van der Waals surface area contributed by atoms with Crippen LogP contribution in [0.15, 0.2) is 35.1 Å². The number of aromatic amines is 1. The summed E-state index contributed by atoms with van der Waals surface area (Å²) in [5, 5.41) is 8.44. The van der Waals surface area contributed by atoms with Gasteiger partial charge in [0.25, 0.3) is 5.56 Å². The molecule has 138 valence electrons. The van der Waals surface area contributed by atoms with Crippen LogP contribution in [0.2, 0.25) is 0 Å². The molecule has 2 amide bonds. The number of H-pyrrole nitrogens is 1. The molecule has 1 aliphatic heterocycles. The first-order chi connectivity index (χ1) is 12.3. The van der Waals surface area contributed by atoms with E-state index in [2.05, 4.69) is 20.5 Å². The molecule has 2 aromatic rings. The second kappa shape index (κ2) is 7.02. The van der Waals surface area contributed by atoms with Crippen LogP contribution in [0.1, 0.15) is 5.69 Å². The summed E-state index contributed by atoms with van der Waals surface area (Å²) in [5.74, 6) is 0.429. The van der Waals surface area contributed by atoms with Gasteiger partial charge in [0.1, 0.15) is 11.5 Å². The smallest absolute Gasteiger partial charge is 0.353 e. The van der Waals surface area contributed by atoms with Crippen LogP contribution in [0, 0.1) is 0 Å². The largest absolute Gasteiger partial charge is 0.433 e. The summed E-state index contributed by atoms with van der Waals surface area (Å²) >= 11 is 0. The number of pyridine rings is 1. The van der Waals surface area contributed by atoms with E-state index in [1.165, 1.54) is 29.2 Å². The first-order valence-electron chi connectivity index (χ1n) is 7.74. The van der Waals surface area contributed by atoms with E-state index in [9.17, 15) is 22.8 Å². The lowest BCUT2D eigenvalue weighted by atomic mass is 10.3. The highest BCUT2D eigenvalue weighted by Gasteiger charge is 2.33. The van der Waals surface area contributed by atoms with Crippen LogP contribution in [0.4, 0.5) is 29.6 Å². The molecule has 0 aromatic carbocycles. The molecule has 0 saturated carbocycles. The van der Waals surface area contributed by atoms with Crippen molar-refractivity contribution in [2.45, 2.75) is 6.18 Å². The van der Waals surface area contributed by atoms with Crippen molar-refractivity contribution in [1.29, 1.82) is 0 Å². The monoisotopic (exact) mass is 368 g/mol. The average molecular weight is 368 g/mol. The van der Waals surface area contributed by atoms with Crippen LogP contribution in [-0.4, -0.2) is 52.3 Å². The molecule has 2 aromatic heterocycles. The molecule has 0 atom stereocenters. The molecule has 2 N–H and O–H groups in total. The number of halogens is 3. The summed E-state index contributed by atoms with van der Waals surface area (Å²) < 4.78 is 38.3. The summed E-state index contributed by atoms with van der Waals surface area (Å²) in [6, 6.07) is 5.95. The van der Waals surface area contributed by atoms with Crippen molar-refractivity contribution >= 4 is 17.7 Å². The lowest BCUT2D eigenvalue weighted by Gasteiger charge is -2.35. The Morgan fingerprint density at radius 3 is 2.46 bits per heavy atom. The molecule has 8 nitrogen and oxygen atoms in total. The highest BCUT2D eigenvalue weighted by atomic mass is 19.4. The van der Waals surface area contributed by atoms with E-state index >= 15 is 0 Å². The number of piperazine rings is 1. The predicted molar refractivity (Wildman–Crippen MR) is 86.9 cm³/mol. The number of hydrogen-bond acceptors (Lipinski definition) is 5. The number of urea groups is 1. The van der Waals surface area contributed by atoms with Gasteiger partial charge >= 0.3 is 12.2 Å². The van der Waals surface area contributed by atoms with Crippen molar-refractivity contribution in [3.63, 3.8) is 0 Å². The molecule has 0 aliphatic carbocycles. The fraction of sp³-hybridized carbons (Fsp3) is 0.333. The molecule has 26 heavy (non-hydrogen) atoms. The number of hydrogen-bond donors (Lipinski definition) is 2. The minimum atomic E-state index is -4.50. The number of nitrogens with zero attached hydrogens (tertiary/aromatic N) is 4. The Morgan fingerprint density at radius 2 is 1.85 bits per heavy atom. The third-order valence-corrected chi connectivity index (χ3v) is 3.83. The lowest BCUT2D eigenvalue weighted by molar-refractivity contribution is -0.141. The maximum absolute atomic E-state index is 12.8. The SMILES string of the molecule is O=C(Nc1ccc(=O)[nH]n1)N1CCN(c2cccc(C(F)(F)F)n2)CC1. The molecule has 0 bridgehead atoms. The Hall–Kier alpha value is -3.11. The first-order valence-corrected chi connectivity index (χ1v) is 7.74. The summed E-state index contributed by atoms with van der Waals surface area (Å²) in [6.45, 7) is 1.32. The topological polar surface area (TPSA) is 94.2 Å². The van der Waals surface area contributed by atoms with Gasteiger partial charge in [-0.3, -0.25) is 10.1 Å². The van der Waals surface area contributed by atoms with Crippen molar-refractivity contribution in [1.82, 2.24) is 20.1 Å². The van der Waals surface area contributed by atoms with E-state index in [1.54, 1.807) is 4.90 Å². The number of carbonyl (C=O) groups is 1. The van der Waals surface area contributed by atoms with E-state index in [0.717, 1.165) is 6.07 Å². The van der Waals surface area contributed by atoms with Crippen LogP contribution >= 0.6 is 0 Å². The van der Waals surface area contributed by atoms with Gasteiger partial charge in [-0.05, 0) is 18.2 Å². The van der Waals surface area contributed by atoms with Gasteiger partial charge in [-0.25, -0.2) is 14.9 Å². The molecule has 0 radical (unpaired) electrons. The van der Waals surface area contributed by atoms with Gasteiger partial charge in [-0.1, -0.05) is 6.07 Å². The maximum atomic E-state index is 12.8. The Bertz CT molecular complexity index is 825. The van der Waals surface area contributed by atoms with Crippen LogP contribution in [0.25, 0.3) is 0 Å². The van der Waals surface area contributed by atoms with E-state index in [1.807, 2.05) is 0 Å². The molecule has 3 rings (SSSR count). The van der Waals surface area contributed by atoms with Crippen LogP contribution in [0.3, 0.4) is 0 Å². The molecular weight excluding hydrogens is 353 g/mol. The zero-order chi connectivity index (χ0) is 18.7. The normalized spacial score (nSPS) is 15.0. The third kappa shape index (κ3) is 4.10. The van der Waals surface area contributed by atoms with Crippen LogP contribution in [-0.2, 0) is 6.18 Å². The molecule has 11 heteroatoms. The van der Waals surface area contributed by atoms with E-state index in [4.69, 9.17) is 0 Å². The van der Waals surface area contributed by atoms with Crippen molar-refractivity contribution in [2.75, 3.05) is 36.4 Å². The number of amides is 2. The Kier molecular flexibility index (Phi) is 4.78. The van der Waals surface area contributed by atoms with Crippen molar-refractivity contribution in [3.05, 3.63) is 46.4 Å². The van der Waals surface area contributed by atoms with Crippen molar-refractivity contribution < 1.29 is 18.0 Å². The van der Waals surface area contributed by atoms with Crippen LogP contribution < -0.4 is 15.8 Å². The molecule has 1 saturated heterocycles. The van der Waals surface area contributed by atoms with Gasteiger partial charge in [0.2, 0.25) is 0 Å². The number of anilines is 2. The summed E-state index contributed by atoms with van der Waals surface area (Å²) in [7, 11) is 0. The standard InChI is InChI=1S/C15H15F3N6O2/c16-15(17,18)10-2-1-3-12(19-10)23-6-8-24(9-7-23)14(26)20-11-4-5-13(25)22-21-11/h1-5H,6-9H2,(H,22,25)(H,20,21,26). The molecule has 0 unspecified atom stereocenters. The number of aromatic nitrogens is 3. The Labute approximate surface area is 145 Å². The van der Waals surface area contributed by atoms with Gasteiger partial charge in [-0.15, -0.1) is 0 Å². The highest BCUT2D eigenvalue weighted by Crippen LogP contribution is 2.29. The van der Waals surface area contributed by atoms with Gasteiger partial charge in [0.05, 0.1) is 0 Å². The average Bonchev–Trinajstić information content (AvgIpc) is 2.63. The summed E-state index contributed by atoms with van der Waals surface area (Å²) in [4.78, 5) is 30.0. The quantitative estimate of drug-likeness (QED) is 0.839. The van der Waals surface area contributed by atoms with Crippen molar-refractivity contribution in [2.24, 2.45) is 0 Å². The second-order valence-corrected chi connectivity index (χ2v) is 5.59. The molecule has 0 spiro atoms.